The second kappa shape index (κ2) is 32.7. The molecule has 0 saturated heterocycles. The first-order chi connectivity index (χ1) is 56.7. The highest BCUT2D eigenvalue weighted by atomic mass is 32.2. The fraction of sp³-hybridized carbons (Fsp3) is 0.370. The summed E-state index contributed by atoms with van der Waals surface area (Å²) in [5.41, 5.74) is -14.2. The van der Waals surface area contributed by atoms with Crippen LogP contribution in [0.5, 0.6) is 0 Å². The van der Waals surface area contributed by atoms with Gasteiger partial charge >= 0.3 is 12.4 Å². The number of amides is 2. The van der Waals surface area contributed by atoms with Crippen molar-refractivity contribution in [2.75, 3.05) is 52.2 Å². The van der Waals surface area contributed by atoms with E-state index in [9.17, 15) is 57.7 Å². The van der Waals surface area contributed by atoms with Gasteiger partial charge in [-0.3, -0.25) is 19.2 Å². The number of alkyl halides is 6. The number of benzene rings is 6. The lowest BCUT2D eigenvalue weighted by atomic mass is 10.0. The lowest BCUT2D eigenvalue weighted by Gasteiger charge is -2.28. The van der Waals surface area contributed by atoms with Gasteiger partial charge in [0, 0.05) is 90.8 Å². The zero-order chi connectivity index (χ0) is 93.8. The summed E-state index contributed by atoms with van der Waals surface area (Å²) in [7, 11) is 0. The lowest BCUT2D eigenvalue weighted by Crippen LogP contribution is -2.40. The van der Waals surface area contributed by atoms with Gasteiger partial charge in [0.2, 0.25) is 11.8 Å². The summed E-state index contributed by atoms with van der Waals surface area (Å²) in [6.07, 6.45) is -15.7. The fourth-order valence-electron chi connectivity index (χ4n) is 9.23. The standard InChI is InChI=1S/C37H40F4N4O2S.C36H38F4N4O2S/c1-4-43(5-2)18-19-44(22-26-6-10-28(11-7-26)29-12-14-30(15-13-29)37(39,40)41)34(46)23-45-33-21-25(3)20-32(33)35(47)42-36(45)48-24-27-8-16-31(38)17-9-27;1-3-42(4-2)20-21-43(22-25-8-12-27(13-9-25)28-14-16-29(17-15-28)36(38,39)40)33(45)23-44-32-7-5-6-31(32)34(46)41-35(44)47-24-26-10-18-30(37)19-11-26/h6-17,25H,4-5,18-24H2,1-3H3;8-19H,3-7,20-24H2,1-2H3/i8D,9D,16D,17D,18D2,19D2,20D2,21D2,23D2,24D2,25D;10D,11D,18D,19D,20D2,21D2,23D2,24D2. The van der Waals surface area contributed by atoms with Crippen molar-refractivity contribution < 1.29 is 84.5 Å². The molecule has 0 N–H and O–H groups in total. The monoisotopic (exact) mass is 1380 g/mol. The highest BCUT2D eigenvalue weighted by molar-refractivity contribution is 7.98. The number of fused-ring (bicyclic) bond motifs is 2. The number of carbonyl (C=O) groups is 2. The SMILES string of the molecule is [2H]c1c([2H])c(C([2H])([2H])Sc2nc(=O)c3c(n2C([2H])([2H])C(=O)N(Cc2ccc(-c4ccc(C(F)(F)F)cc4)cc2)C([2H])([2H])C([2H])([2H])N(CC)CC)C([2H])([2H])C([2H])(C)C3([2H])[2H])c([2H])c([2H])c1F.[2H]c1c([2H])c(C([2H])([2H])Sc2nc(=O)c3c(n2C([2H])([2H])C(=O)N(Cc2ccc(-c4ccc(C(F)(F)F)cc4)cc2)C([2H])([2H])C([2H])([2H])N(CC)CC)CCC3)c([2H])c([2H])c1F. The Balaban J connectivity index is 0.000000282. The first-order valence-electron chi connectivity index (χ1n) is 43.6. The molecule has 0 spiro atoms. The minimum Gasteiger partial charge on any atom is -0.336 e. The first-order valence-corrected chi connectivity index (χ1v) is 30.8. The number of hydrogen-bond acceptors (Lipinski definition) is 10. The van der Waals surface area contributed by atoms with Crippen molar-refractivity contribution >= 4 is 35.3 Å². The molecule has 22 heteroatoms. The summed E-state index contributed by atoms with van der Waals surface area (Å²) in [6.45, 7) is -16.0. The Morgan fingerprint density at radius 1 is 0.537 bits per heavy atom. The van der Waals surface area contributed by atoms with Gasteiger partial charge in [0.15, 0.2) is 10.3 Å². The molecule has 0 aliphatic heterocycles. The number of rotatable bonds is 26. The molecule has 502 valence electrons. The minimum atomic E-state index is -4.62. The molecule has 0 bridgehead atoms. The summed E-state index contributed by atoms with van der Waals surface area (Å²) in [5.74, 6) is -9.99. The van der Waals surface area contributed by atoms with Crippen LogP contribution in [-0.2, 0) is 85.0 Å². The first kappa shape index (κ1) is 41.9. The summed E-state index contributed by atoms with van der Waals surface area (Å²) >= 11 is -0.447. The molecule has 0 fully saturated rings. The maximum absolute atomic E-state index is 15.1. The van der Waals surface area contributed by atoms with Crippen molar-refractivity contribution in [3.8, 4) is 22.3 Å². The van der Waals surface area contributed by atoms with Crippen LogP contribution >= 0.6 is 23.5 Å². The van der Waals surface area contributed by atoms with Crippen LogP contribution in [0.1, 0.15) is 137 Å². The van der Waals surface area contributed by atoms with Crippen molar-refractivity contribution in [1.29, 1.82) is 0 Å². The van der Waals surface area contributed by atoms with E-state index >= 15 is 4.79 Å². The van der Waals surface area contributed by atoms with Crippen LogP contribution in [-0.4, -0.2) is 103 Å². The van der Waals surface area contributed by atoms with Crippen LogP contribution in [0.3, 0.4) is 0 Å². The van der Waals surface area contributed by atoms with Gasteiger partial charge in [0.1, 0.15) is 24.6 Å². The highest BCUT2D eigenvalue weighted by Gasteiger charge is 2.33. The molecule has 2 heterocycles. The third-order valence-corrected chi connectivity index (χ3v) is 15.8. The topological polar surface area (TPSA) is 117 Å². The van der Waals surface area contributed by atoms with E-state index in [-0.39, 0.29) is 89.1 Å². The Morgan fingerprint density at radius 3 is 1.28 bits per heavy atom. The van der Waals surface area contributed by atoms with Gasteiger partial charge in [-0.15, -0.1) is 0 Å². The molecular formula is C73H78F8N8O4S2. The van der Waals surface area contributed by atoms with Gasteiger partial charge in [0.25, 0.3) is 11.1 Å². The van der Waals surface area contributed by atoms with E-state index in [2.05, 4.69) is 9.97 Å². The normalized spacial score (nSPS) is 21.1. The number of aromatic nitrogens is 4. The Morgan fingerprint density at radius 2 is 0.905 bits per heavy atom. The molecule has 12 nitrogen and oxygen atoms in total. The van der Waals surface area contributed by atoms with Crippen LogP contribution in [0, 0.1) is 17.5 Å². The third-order valence-electron chi connectivity index (χ3n) is 14.3. The molecule has 2 aliphatic carbocycles. The van der Waals surface area contributed by atoms with Crippen LogP contribution in [0.15, 0.2) is 165 Å². The fourth-order valence-corrected chi connectivity index (χ4v) is 10.6. The summed E-state index contributed by atoms with van der Waals surface area (Å²) < 4.78 is 362. The maximum Gasteiger partial charge on any atom is 0.416 e. The quantitative estimate of drug-likeness (QED) is 0.0295. The molecule has 0 radical (unpaired) electrons. The number of carbonyl (C=O) groups excluding carboxylic acids is 2. The number of thioether (sulfide) groups is 2. The summed E-state index contributed by atoms with van der Waals surface area (Å²) in [4.78, 5) is 66.9. The van der Waals surface area contributed by atoms with Crippen molar-refractivity contribution in [3.63, 3.8) is 0 Å². The Bertz CT molecular complexity index is 5500. The summed E-state index contributed by atoms with van der Waals surface area (Å²) in [5, 5.41) is -2.14. The van der Waals surface area contributed by atoms with Gasteiger partial charge < -0.3 is 28.7 Å². The Hall–Kier alpha value is -7.92. The van der Waals surface area contributed by atoms with Crippen molar-refractivity contribution in [1.82, 2.24) is 38.7 Å². The number of likely N-dealkylation sites (N-methyl/N-ethyl adjacent to an activating group) is 2. The van der Waals surface area contributed by atoms with Crippen molar-refractivity contribution in [3.05, 3.63) is 234 Å². The molecule has 1 unspecified atom stereocenters. The van der Waals surface area contributed by atoms with Gasteiger partial charge in [-0.05, 0) is 157 Å². The zero-order valence-corrected chi connectivity index (χ0v) is 52.8. The predicted molar refractivity (Wildman–Crippen MR) is 358 cm³/mol. The molecule has 6 aromatic carbocycles. The predicted octanol–water partition coefficient (Wildman–Crippen LogP) is 14.7. The van der Waals surface area contributed by atoms with Gasteiger partial charge in [-0.25, -0.2) is 8.78 Å². The molecular weight excluding hydrogens is 1270 g/mol. The van der Waals surface area contributed by atoms with E-state index in [4.69, 9.17) is 31.5 Å². The van der Waals surface area contributed by atoms with Gasteiger partial charge in [-0.1, -0.05) is 155 Å². The summed E-state index contributed by atoms with van der Waals surface area (Å²) in [6, 6.07) is 9.56. The highest BCUT2D eigenvalue weighted by Crippen LogP contribution is 2.35. The molecule has 8 aromatic rings. The smallest absolute Gasteiger partial charge is 0.336 e. The van der Waals surface area contributed by atoms with E-state index in [0.29, 0.717) is 38.6 Å². The van der Waals surface area contributed by atoms with Gasteiger partial charge in [0.05, 0.1) is 33.1 Å². The van der Waals surface area contributed by atoms with Crippen LogP contribution in [0.4, 0.5) is 35.1 Å². The van der Waals surface area contributed by atoms with Gasteiger partial charge in [-0.2, -0.15) is 36.3 Å². The van der Waals surface area contributed by atoms with Crippen LogP contribution in [0.25, 0.3) is 22.3 Å². The second-order valence-electron chi connectivity index (χ2n) is 20.6. The number of nitrogens with zero attached hydrogens (tertiary/aromatic N) is 8. The third kappa shape index (κ3) is 19.2. The second-order valence-corrected chi connectivity index (χ2v) is 22.1. The molecule has 2 aromatic heterocycles. The van der Waals surface area contributed by atoms with Crippen molar-refractivity contribution in [2.45, 2.75) is 127 Å². The average Bonchev–Trinajstić information content (AvgIpc) is 1.51. The van der Waals surface area contributed by atoms with E-state index < -0.39 is 233 Å². The maximum atomic E-state index is 15.1. The van der Waals surface area contributed by atoms with Crippen LogP contribution in [0.2, 0.25) is 0 Å². The molecule has 2 aliphatic rings. The Labute approximate surface area is 598 Å². The molecule has 2 amide bonds. The van der Waals surface area contributed by atoms with Crippen molar-refractivity contribution in [2.24, 2.45) is 5.89 Å². The molecule has 10 rings (SSSR count). The van der Waals surface area contributed by atoms with E-state index in [1.807, 2.05) is 0 Å². The lowest BCUT2D eigenvalue weighted by molar-refractivity contribution is -0.138. The largest absolute Gasteiger partial charge is 0.416 e. The minimum absolute atomic E-state index is 0.0236. The van der Waals surface area contributed by atoms with E-state index in [1.54, 1.807) is 13.8 Å². The Kier molecular flexibility index (Phi) is 14.4. The zero-order valence-electron chi connectivity index (χ0n) is 80.2. The molecule has 95 heavy (non-hydrogen) atoms. The van der Waals surface area contributed by atoms with E-state index in [0.717, 1.165) is 34.1 Å². The number of hydrogen-bond donors (Lipinski definition) is 0. The average molecular weight is 1380 g/mol. The molecule has 1 atom stereocenters. The number of halogens is 8. The van der Waals surface area contributed by atoms with E-state index in [1.165, 1.54) is 86.6 Å². The molecule has 0 saturated carbocycles. The van der Waals surface area contributed by atoms with Crippen LogP contribution < -0.4 is 11.1 Å².